The molecule has 1 aromatic rings. The molecule has 0 unspecified atom stereocenters. The summed E-state index contributed by atoms with van der Waals surface area (Å²) in [5, 5.41) is 19.4. The molecule has 1 atom stereocenters. The lowest BCUT2D eigenvalue weighted by atomic mass is 10.2. The Morgan fingerprint density at radius 2 is 2.00 bits per heavy atom. The van der Waals surface area contributed by atoms with Crippen LogP contribution in [0.25, 0.3) is 0 Å². The number of ether oxygens (including phenoxy) is 1. The third kappa shape index (κ3) is 5.70. The summed E-state index contributed by atoms with van der Waals surface area (Å²) in [4.78, 5) is 32.7. The third-order valence-electron chi connectivity index (χ3n) is 2.18. The van der Waals surface area contributed by atoms with Crippen LogP contribution in [-0.2, 0) is 14.4 Å². The second-order valence-electron chi connectivity index (χ2n) is 3.80. The smallest absolute Gasteiger partial charge is 0.326 e. The minimum absolute atomic E-state index is 0.403. The van der Waals surface area contributed by atoms with Crippen LogP contribution in [0.1, 0.15) is 6.42 Å². The van der Waals surface area contributed by atoms with E-state index >= 15 is 0 Å². The quantitative estimate of drug-likeness (QED) is 0.675. The molecular formula is C12H12BrNO6. The van der Waals surface area contributed by atoms with Gasteiger partial charge in [0.2, 0.25) is 0 Å². The van der Waals surface area contributed by atoms with Gasteiger partial charge in [0.15, 0.2) is 6.61 Å². The molecule has 0 heterocycles. The van der Waals surface area contributed by atoms with E-state index in [9.17, 15) is 14.4 Å². The minimum atomic E-state index is -1.48. The van der Waals surface area contributed by atoms with Crippen LogP contribution in [0.3, 0.4) is 0 Å². The normalized spacial score (nSPS) is 11.4. The summed E-state index contributed by atoms with van der Waals surface area (Å²) in [6.45, 7) is -0.403. The average molecular weight is 346 g/mol. The first-order chi connectivity index (χ1) is 9.38. The van der Waals surface area contributed by atoms with Crippen molar-refractivity contribution in [2.24, 2.45) is 0 Å². The molecule has 0 aliphatic heterocycles. The van der Waals surface area contributed by atoms with Crippen molar-refractivity contribution in [2.75, 3.05) is 6.61 Å². The highest BCUT2D eigenvalue weighted by Gasteiger charge is 2.23. The van der Waals surface area contributed by atoms with E-state index in [0.717, 1.165) is 4.47 Å². The van der Waals surface area contributed by atoms with E-state index in [1.54, 1.807) is 24.3 Å². The maximum atomic E-state index is 11.5. The second kappa shape index (κ2) is 7.49. The Kier molecular flexibility index (Phi) is 5.98. The van der Waals surface area contributed by atoms with Crippen LogP contribution in [0.4, 0.5) is 0 Å². The van der Waals surface area contributed by atoms with Crippen molar-refractivity contribution in [3.05, 3.63) is 28.7 Å². The first kappa shape index (κ1) is 16.0. The number of amides is 1. The van der Waals surface area contributed by atoms with Crippen molar-refractivity contribution in [1.82, 2.24) is 5.32 Å². The number of hydrogen-bond donors (Lipinski definition) is 3. The van der Waals surface area contributed by atoms with Crippen molar-refractivity contribution >= 4 is 33.8 Å². The summed E-state index contributed by atoms with van der Waals surface area (Å²) in [5.74, 6) is -3.01. The van der Waals surface area contributed by atoms with E-state index in [2.05, 4.69) is 21.2 Å². The van der Waals surface area contributed by atoms with Gasteiger partial charge in [-0.25, -0.2) is 4.79 Å². The van der Waals surface area contributed by atoms with Crippen LogP contribution in [-0.4, -0.2) is 40.7 Å². The maximum absolute atomic E-state index is 11.5. The van der Waals surface area contributed by atoms with E-state index in [4.69, 9.17) is 14.9 Å². The molecule has 20 heavy (non-hydrogen) atoms. The van der Waals surface area contributed by atoms with Crippen LogP contribution < -0.4 is 10.1 Å². The largest absolute Gasteiger partial charge is 0.484 e. The number of rotatable bonds is 7. The number of nitrogens with one attached hydrogen (secondary N) is 1. The number of aliphatic carboxylic acids is 2. The van der Waals surface area contributed by atoms with Gasteiger partial charge >= 0.3 is 11.9 Å². The van der Waals surface area contributed by atoms with E-state index in [-0.39, 0.29) is 0 Å². The molecule has 1 aromatic carbocycles. The lowest BCUT2D eigenvalue weighted by Crippen LogP contribution is -2.44. The molecule has 0 saturated carbocycles. The fraction of sp³-hybridized carbons (Fsp3) is 0.250. The number of carbonyl (C=O) groups is 3. The highest BCUT2D eigenvalue weighted by atomic mass is 79.9. The Labute approximate surface area is 122 Å². The van der Waals surface area contributed by atoms with Crippen molar-refractivity contribution in [1.29, 1.82) is 0 Å². The maximum Gasteiger partial charge on any atom is 0.326 e. The topological polar surface area (TPSA) is 113 Å². The third-order valence-corrected chi connectivity index (χ3v) is 2.67. The molecule has 108 valence electrons. The van der Waals surface area contributed by atoms with Crippen LogP contribution in [0.15, 0.2) is 28.7 Å². The predicted molar refractivity (Wildman–Crippen MR) is 71.5 cm³/mol. The Bertz CT molecular complexity index is 518. The summed E-state index contributed by atoms with van der Waals surface area (Å²) in [5.41, 5.74) is 0. The molecule has 7 nitrogen and oxygen atoms in total. The average Bonchev–Trinajstić information content (AvgIpc) is 2.35. The van der Waals surface area contributed by atoms with Gasteiger partial charge < -0.3 is 20.3 Å². The standard InChI is InChI=1S/C12H12BrNO6/c13-7-2-1-3-8(4-7)20-6-10(15)14-9(12(18)19)5-11(16)17/h1-4,9H,5-6H2,(H,14,15)(H,16,17)(H,18,19)/t9-/m0/s1. The molecule has 3 N–H and O–H groups in total. The van der Waals surface area contributed by atoms with Gasteiger partial charge in [-0.15, -0.1) is 0 Å². The molecule has 1 rings (SSSR count). The fourth-order valence-corrected chi connectivity index (χ4v) is 1.69. The summed E-state index contributed by atoms with van der Waals surface area (Å²) < 4.78 is 5.92. The Balaban J connectivity index is 2.49. The molecule has 1 amide bonds. The summed E-state index contributed by atoms with van der Waals surface area (Å²) in [6, 6.07) is 5.27. The second-order valence-corrected chi connectivity index (χ2v) is 4.72. The van der Waals surface area contributed by atoms with Crippen LogP contribution in [0.2, 0.25) is 0 Å². The molecule has 0 aromatic heterocycles. The number of carboxylic acid groups (broad SMARTS) is 2. The van der Waals surface area contributed by atoms with Crippen molar-refractivity contribution in [2.45, 2.75) is 12.5 Å². The molecule has 0 bridgehead atoms. The Morgan fingerprint density at radius 1 is 1.30 bits per heavy atom. The first-order valence-electron chi connectivity index (χ1n) is 5.51. The molecular weight excluding hydrogens is 334 g/mol. The summed E-state index contributed by atoms with van der Waals surface area (Å²) in [6.07, 6.45) is -0.696. The molecule has 0 radical (unpaired) electrons. The van der Waals surface area contributed by atoms with Gasteiger partial charge in [-0.05, 0) is 18.2 Å². The van der Waals surface area contributed by atoms with Crippen molar-refractivity contribution in [3.8, 4) is 5.75 Å². The first-order valence-corrected chi connectivity index (χ1v) is 6.30. The van der Waals surface area contributed by atoms with Crippen LogP contribution in [0, 0.1) is 0 Å². The summed E-state index contributed by atoms with van der Waals surface area (Å²) >= 11 is 3.23. The molecule has 0 fully saturated rings. The van der Waals surface area contributed by atoms with E-state index in [1.807, 2.05) is 0 Å². The zero-order chi connectivity index (χ0) is 15.1. The molecule has 0 spiro atoms. The monoisotopic (exact) mass is 345 g/mol. The lowest BCUT2D eigenvalue weighted by molar-refractivity contribution is -0.147. The fourth-order valence-electron chi connectivity index (χ4n) is 1.32. The van der Waals surface area contributed by atoms with Crippen LogP contribution >= 0.6 is 15.9 Å². The van der Waals surface area contributed by atoms with Gasteiger partial charge in [0.05, 0.1) is 6.42 Å². The number of carbonyl (C=O) groups excluding carboxylic acids is 1. The number of halogens is 1. The molecule has 0 aliphatic rings. The Hall–Kier alpha value is -2.09. The predicted octanol–water partition coefficient (Wildman–Crippen LogP) is 0.872. The molecule has 0 aliphatic carbocycles. The number of benzene rings is 1. The van der Waals surface area contributed by atoms with E-state index in [0.29, 0.717) is 5.75 Å². The number of hydrogen-bond acceptors (Lipinski definition) is 4. The van der Waals surface area contributed by atoms with E-state index < -0.39 is 36.9 Å². The van der Waals surface area contributed by atoms with Crippen molar-refractivity contribution < 1.29 is 29.3 Å². The van der Waals surface area contributed by atoms with Gasteiger partial charge in [-0.1, -0.05) is 22.0 Å². The minimum Gasteiger partial charge on any atom is -0.484 e. The van der Waals surface area contributed by atoms with Crippen LogP contribution in [0.5, 0.6) is 5.75 Å². The van der Waals surface area contributed by atoms with Gasteiger partial charge in [-0.2, -0.15) is 0 Å². The molecule has 0 saturated heterocycles. The Morgan fingerprint density at radius 3 is 2.55 bits per heavy atom. The van der Waals surface area contributed by atoms with Gasteiger partial charge in [0, 0.05) is 4.47 Å². The zero-order valence-corrected chi connectivity index (χ0v) is 11.8. The van der Waals surface area contributed by atoms with Crippen molar-refractivity contribution in [3.63, 3.8) is 0 Å². The highest BCUT2D eigenvalue weighted by molar-refractivity contribution is 9.10. The summed E-state index contributed by atoms with van der Waals surface area (Å²) in [7, 11) is 0. The molecule has 8 heteroatoms. The zero-order valence-electron chi connectivity index (χ0n) is 10.2. The van der Waals surface area contributed by atoms with E-state index in [1.165, 1.54) is 0 Å². The van der Waals surface area contributed by atoms with Gasteiger partial charge in [0.25, 0.3) is 5.91 Å². The van der Waals surface area contributed by atoms with Gasteiger partial charge in [0.1, 0.15) is 11.8 Å². The highest BCUT2D eigenvalue weighted by Crippen LogP contribution is 2.17. The SMILES string of the molecule is O=C(O)C[C@H](NC(=O)COc1cccc(Br)c1)C(=O)O. The number of carboxylic acids is 2. The lowest BCUT2D eigenvalue weighted by Gasteiger charge is -2.13. The van der Waals surface area contributed by atoms with Gasteiger partial charge in [-0.3, -0.25) is 9.59 Å².